The molecule has 3 aromatic rings. The zero-order valence-corrected chi connectivity index (χ0v) is 16.3. The molecule has 27 heavy (non-hydrogen) atoms. The van der Waals surface area contributed by atoms with E-state index in [1.807, 2.05) is 30.5 Å². The van der Waals surface area contributed by atoms with Crippen molar-refractivity contribution >= 4 is 10.8 Å². The molecule has 0 amide bonds. The molecule has 0 aliphatic rings. The molecule has 0 spiro atoms. The third-order valence-corrected chi connectivity index (χ3v) is 5.08. The van der Waals surface area contributed by atoms with Crippen LogP contribution in [0.25, 0.3) is 22.2 Å². The first-order valence-corrected chi connectivity index (χ1v) is 10.3. The molecular weight excluding hydrogens is 332 g/mol. The largest absolute Gasteiger partial charge is 0.508 e. The molecule has 0 aliphatic heterocycles. The van der Waals surface area contributed by atoms with Gasteiger partial charge in [-0.25, -0.2) is 9.97 Å². The number of nitrogens with zero attached hydrogens (tertiary/aromatic N) is 2. The van der Waals surface area contributed by atoms with Gasteiger partial charge in [0.05, 0.1) is 0 Å². The van der Waals surface area contributed by atoms with Crippen LogP contribution in [0.4, 0.5) is 0 Å². The highest BCUT2D eigenvalue weighted by atomic mass is 16.3. The number of aromatic nitrogens is 2. The van der Waals surface area contributed by atoms with Crippen LogP contribution >= 0.6 is 0 Å². The molecule has 0 aliphatic carbocycles. The highest BCUT2D eigenvalue weighted by molar-refractivity contribution is 5.87. The maximum Gasteiger partial charge on any atom is 0.159 e. The monoisotopic (exact) mass is 362 g/mol. The van der Waals surface area contributed by atoms with Crippen molar-refractivity contribution in [3.63, 3.8) is 0 Å². The van der Waals surface area contributed by atoms with Crippen LogP contribution in [0.3, 0.4) is 0 Å². The van der Waals surface area contributed by atoms with Gasteiger partial charge in [-0.3, -0.25) is 0 Å². The summed E-state index contributed by atoms with van der Waals surface area (Å²) in [6, 6.07) is 13.6. The number of unbranched alkanes of at least 4 members (excludes halogenated alkanes) is 7. The minimum Gasteiger partial charge on any atom is -0.508 e. The van der Waals surface area contributed by atoms with Gasteiger partial charge in [0.2, 0.25) is 0 Å². The summed E-state index contributed by atoms with van der Waals surface area (Å²) in [5.74, 6) is 1.07. The first kappa shape index (κ1) is 19.3. The Morgan fingerprint density at radius 3 is 2.30 bits per heavy atom. The smallest absolute Gasteiger partial charge is 0.159 e. The molecule has 142 valence electrons. The van der Waals surface area contributed by atoms with Gasteiger partial charge in [0, 0.05) is 17.5 Å². The molecule has 0 saturated carbocycles. The van der Waals surface area contributed by atoms with Crippen LogP contribution in [0.5, 0.6) is 5.75 Å². The van der Waals surface area contributed by atoms with Crippen molar-refractivity contribution < 1.29 is 5.11 Å². The van der Waals surface area contributed by atoms with Gasteiger partial charge in [-0.05, 0) is 47.9 Å². The quantitative estimate of drug-likeness (QED) is 0.409. The fraction of sp³-hybridized carbons (Fsp3) is 0.417. The van der Waals surface area contributed by atoms with Crippen LogP contribution in [0.1, 0.15) is 64.0 Å². The van der Waals surface area contributed by atoms with Gasteiger partial charge in [0.1, 0.15) is 5.75 Å². The van der Waals surface area contributed by atoms with Crippen LogP contribution in [0.2, 0.25) is 0 Å². The number of rotatable bonds is 10. The predicted molar refractivity (Wildman–Crippen MR) is 113 cm³/mol. The van der Waals surface area contributed by atoms with Crippen molar-refractivity contribution in [2.45, 2.75) is 64.7 Å². The first-order chi connectivity index (χ1) is 13.3. The highest BCUT2D eigenvalue weighted by Crippen LogP contribution is 2.25. The lowest BCUT2D eigenvalue weighted by Crippen LogP contribution is -1.95. The Kier molecular flexibility index (Phi) is 7.20. The normalized spacial score (nSPS) is 11.1. The van der Waals surface area contributed by atoms with E-state index in [0.717, 1.165) is 34.3 Å². The Balaban J connectivity index is 1.55. The van der Waals surface area contributed by atoms with Crippen LogP contribution in [0.15, 0.2) is 48.7 Å². The fourth-order valence-corrected chi connectivity index (χ4v) is 3.49. The topological polar surface area (TPSA) is 46.0 Å². The van der Waals surface area contributed by atoms with Crippen LogP contribution in [0, 0.1) is 0 Å². The minimum absolute atomic E-state index is 0.291. The number of aryl methyl sites for hydroxylation is 1. The van der Waals surface area contributed by atoms with Gasteiger partial charge < -0.3 is 5.11 Å². The van der Waals surface area contributed by atoms with Gasteiger partial charge in [0.25, 0.3) is 0 Å². The molecule has 1 N–H and O–H groups in total. The summed E-state index contributed by atoms with van der Waals surface area (Å²) >= 11 is 0. The van der Waals surface area contributed by atoms with Crippen molar-refractivity contribution in [2.24, 2.45) is 0 Å². The molecule has 3 heteroatoms. The third-order valence-electron chi connectivity index (χ3n) is 5.08. The number of hydrogen-bond acceptors (Lipinski definition) is 3. The zero-order valence-electron chi connectivity index (χ0n) is 16.3. The van der Waals surface area contributed by atoms with E-state index in [-0.39, 0.29) is 0 Å². The summed E-state index contributed by atoms with van der Waals surface area (Å²) in [5, 5.41) is 11.7. The Bertz CT molecular complexity index is 860. The van der Waals surface area contributed by atoms with E-state index >= 15 is 0 Å². The molecule has 0 fully saturated rings. The van der Waals surface area contributed by atoms with Crippen molar-refractivity contribution in [3.05, 3.63) is 54.4 Å². The summed E-state index contributed by atoms with van der Waals surface area (Å²) in [7, 11) is 0. The van der Waals surface area contributed by atoms with E-state index in [9.17, 15) is 5.11 Å². The van der Waals surface area contributed by atoms with E-state index in [1.54, 1.807) is 12.1 Å². The van der Waals surface area contributed by atoms with E-state index in [1.165, 1.54) is 51.4 Å². The highest BCUT2D eigenvalue weighted by Gasteiger charge is 2.05. The summed E-state index contributed by atoms with van der Waals surface area (Å²) in [5.41, 5.74) is 2.14. The summed E-state index contributed by atoms with van der Waals surface area (Å²) in [6.45, 7) is 2.26. The average Bonchev–Trinajstić information content (AvgIpc) is 2.70. The maximum atomic E-state index is 9.60. The first-order valence-electron chi connectivity index (χ1n) is 10.3. The Morgan fingerprint density at radius 1 is 0.778 bits per heavy atom. The number of hydrogen-bond donors (Lipinski definition) is 1. The van der Waals surface area contributed by atoms with Crippen LogP contribution in [-0.4, -0.2) is 15.1 Å². The van der Waals surface area contributed by atoms with Crippen molar-refractivity contribution in [1.82, 2.24) is 9.97 Å². The lowest BCUT2D eigenvalue weighted by Gasteiger charge is -2.06. The van der Waals surface area contributed by atoms with Crippen LogP contribution in [-0.2, 0) is 6.42 Å². The molecule has 0 unspecified atom stereocenters. The number of phenolic OH excluding ortho intramolecular Hbond substituents is 1. The number of phenols is 1. The molecule has 0 bridgehead atoms. The molecule has 2 aromatic carbocycles. The fourth-order valence-electron chi connectivity index (χ4n) is 3.49. The van der Waals surface area contributed by atoms with Gasteiger partial charge in [0.15, 0.2) is 5.82 Å². The second kappa shape index (κ2) is 10.1. The number of benzene rings is 2. The second-order valence-corrected chi connectivity index (χ2v) is 7.34. The second-order valence-electron chi connectivity index (χ2n) is 7.34. The number of aromatic hydroxyl groups is 1. The van der Waals surface area contributed by atoms with Crippen molar-refractivity contribution in [2.75, 3.05) is 0 Å². The molecule has 0 saturated heterocycles. The van der Waals surface area contributed by atoms with Gasteiger partial charge in [-0.1, -0.05) is 70.1 Å². The molecule has 1 heterocycles. The van der Waals surface area contributed by atoms with E-state index in [4.69, 9.17) is 4.98 Å². The summed E-state index contributed by atoms with van der Waals surface area (Å²) in [6.07, 6.45) is 13.5. The van der Waals surface area contributed by atoms with E-state index in [0.29, 0.717) is 5.75 Å². The maximum absolute atomic E-state index is 9.60. The molecule has 3 rings (SSSR count). The molecule has 0 atom stereocenters. The van der Waals surface area contributed by atoms with Gasteiger partial charge in [-0.2, -0.15) is 0 Å². The minimum atomic E-state index is 0.291. The molecular formula is C24H30N2O. The van der Waals surface area contributed by atoms with E-state index in [2.05, 4.69) is 18.0 Å². The average molecular weight is 363 g/mol. The Hall–Kier alpha value is -2.42. The summed E-state index contributed by atoms with van der Waals surface area (Å²) in [4.78, 5) is 9.22. The Morgan fingerprint density at radius 2 is 1.48 bits per heavy atom. The van der Waals surface area contributed by atoms with E-state index < -0.39 is 0 Å². The lowest BCUT2D eigenvalue weighted by atomic mass is 10.1. The number of fused-ring (bicyclic) bond motifs is 1. The van der Waals surface area contributed by atoms with Gasteiger partial charge in [-0.15, -0.1) is 0 Å². The lowest BCUT2D eigenvalue weighted by molar-refractivity contribution is 0.476. The predicted octanol–water partition coefficient (Wildman–Crippen LogP) is 6.69. The SMILES string of the molecule is CCCCCCCCCCc1ccnc(-c2ccc3cc(O)ccc3c2)n1. The van der Waals surface area contributed by atoms with Crippen molar-refractivity contribution in [1.29, 1.82) is 0 Å². The van der Waals surface area contributed by atoms with Crippen molar-refractivity contribution in [3.8, 4) is 17.1 Å². The zero-order chi connectivity index (χ0) is 18.9. The summed E-state index contributed by atoms with van der Waals surface area (Å²) < 4.78 is 0. The third kappa shape index (κ3) is 5.78. The van der Waals surface area contributed by atoms with Crippen LogP contribution < -0.4 is 0 Å². The standard InChI is InChI=1S/C24H30N2O/c1-2-3-4-5-6-7-8-9-10-22-15-16-25-24(26-22)21-12-11-20-18-23(27)14-13-19(20)17-21/h11-18,27H,2-10H2,1H3. The molecule has 0 radical (unpaired) electrons. The Labute approximate surface area is 162 Å². The molecule has 3 nitrogen and oxygen atoms in total. The van der Waals surface area contributed by atoms with Gasteiger partial charge >= 0.3 is 0 Å². The molecule has 1 aromatic heterocycles.